The predicted octanol–water partition coefficient (Wildman–Crippen LogP) is 4.77. The van der Waals surface area contributed by atoms with Gasteiger partial charge in [-0.1, -0.05) is 48.0 Å². The quantitative estimate of drug-likeness (QED) is 0.387. The van der Waals surface area contributed by atoms with Crippen LogP contribution in [0.4, 0.5) is 0 Å². The van der Waals surface area contributed by atoms with E-state index in [-0.39, 0.29) is 5.91 Å². The molecular formula is C27H27ClN4O2. The molecule has 174 valence electrons. The number of hydrogen-bond donors (Lipinski definition) is 0. The maximum atomic E-state index is 12.7. The van der Waals surface area contributed by atoms with E-state index < -0.39 is 0 Å². The Kier molecular flexibility index (Phi) is 6.79. The summed E-state index contributed by atoms with van der Waals surface area (Å²) in [7, 11) is 0. The molecule has 7 heteroatoms. The first kappa shape index (κ1) is 22.4. The molecule has 4 aromatic rings. The van der Waals surface area contributed by atoms with Crippen LogP contribution < -0.4 is 4.74 Å². The summed E-state index contributed by atoms with van der Waals surface area (Å²) < 4.78 is 7.84. The number of aromatic nitrogens is 2. The molecule has 34 heavy (non-hydrogen) atoms. The third-order valence-corrected chi connectivity index (χ3v) is 6.42. The number of carbonyl (C=O) groups is 1. The third kappa shape index (κ3) is 5.08. The lowest BCUT2D eigenvalue weighted by molar-refractivity contribution is -0.133. The molecule has 2 aromatic heterocycles. The van der Waals surface area contributed by atoms with Crippen LogP contribution >= 0.6 is 11.6 Å². The molecule has 6 nitrogen and oxygen atoms in total. The molecule has 0 saturated carbocycles. The van der Waals surface area contributed by atoms with E-state index in [1.165, 1.54) is 0 Å². The monoisotopic (exact) mass is 474 g/mol. The van der Waals surface area contributed by atoms with E-state index in [1.54, 1.807) is 0 Å². The fraction of sp³-hybridized carbons (Fsp3) is 0.259. The fourth-order valence-electron chi connectivity index (χ4n) is 4.33. The van der Waals surface area contributed by atoms with Crippen LogP contribution in [0.1, 0.15) is 12.1 Å². The first-order valence-corrected chi connectivity index (χ1v) is 11.9. The average Bonchev–Trinajstić information content (AvgIpc) is 3.24. The first-order valence-electron chi connectivity index (χ1n) is 11.6. The minimum absolute atomic E-state index is 0.146. The van der Waals surface area contributed by atoms with Gasteiger partial charge in [-0.3, -0.25) is 9.69 Å². The molecule has 1 amide bonds. The van der Waals surface area contributed by atoms with Gasteiger partial charge < -0.3 is 14.0 Å². The van der Waals surface area contributed by atoms with E-state index in [2.05, 4.69) is 15.5 Å². The molecule has 0 aliphatic carbocycles. The number of nitrogens with zero attached hydrogens (tertiary/aromatic N) is 4. The van der Waals surface area contributed by atoms with Crippen LogP contribution in [-0.2, 0) is 11.3 Å². The Morgan fingerprint density at radius 1 is 0.912 bits per heavy atom. The Bertz CT molecular complexity index is 1250. The van der Waals surface area contributed by atoms with Crippen LogP contribution in [0.2, 0.25) is 5.02 Å². The molecule has 5 rings (SSSR count). The Morgan fingerprint density at radius 2 is 1.65 bits per heavy atom. The van der Waals surface area contributed by atoms with Crippen molar-refractivity contribution in [2.45, 2.75) is 13.0 Å². The minimum Gasteiger partial charge on any atom is -0.493 e. The van der Waals surface area contributed by atoms with Gasteiger partial charge in [-0.25, -0.2) is 4.98 Å². The van der Waals surface area contributed by atoms with Crippen LogP contribution in [-0.4, -0.2) is 57.9 Å². The lowest BCUT2D eigenvalue weighted by atomic mass is 10.1. The molecule has 1 saturated heterocycles. The molecule has 0 radical (unpaired) electrons. The summed E-state index contributed by atoms with van der Waals surface area (Å²) in [4.78, 5) is 21.9. The van der Waals surface area contributed by atoms with Gasteiger partial charge in [-0.15, -0.1) is 0 Å². The number of fused-ring (bicyclic) bond motifs is 1. The van der Waals surface area contributed by atoms with Crippen LogP contribution in [0.5, 0.6) is 5.75 Å². The zero-order valence-corrected chi connectivity index (χ0v) is 19.7. The average molecular weight is 475 g/mol. The van der Waals surface area contributed by atoms with E-state index in [0.717, 1.165) is 61.1 Å². The maximum Gasteiger partial charge on any atom is 0.226 e. The summed E-state index contributed by atoms with van der Waals surface area (Å²) >= 11 is 6.10. The second-order valence-corrected chi connectivity index (χ2v) is 8.85. The van der Waals surface area contributed by atoms with Gasteiger partial charge in [0.25, 0.3) is 0 Å². The highest BCUT2D eigenvalue weighted by molar-refractivity contribution is 6.30. The molecule has 1 fully saturated rings. The number of pyridine rings is 1. The van der Waals surface area contributed by atoms with Gasteiger partial charge in [0.05, 0.1) is 24.4 Å². The number of benzene rings is 2. The van der Waals surface area contributed by atoms with Crippen LogP contribution in [0.15, 0.2) is 79.0 Å². The number of amides is 1. The number of imidazole rings is 1. The first-order chi connectivity index (χ1) is 16.7. The summed E-state index contributed by atoms with van der Waals surface area (Å²) in [5.41, 5.74) is 4.10. The maximum absolute atomic E-state index is 12.7. The number of hydrogen-bond acceptors (Lipinski definition) is 4. The molecule has 0 atom stereocenters. The van der Waals surface area contributed by atoms with Crippen molar-refractivity contribution in [3.05, 3.63) is 89.7 Å². The van der Waals surface area contributed by atoms with E-state index in [1.807, 2.05) is 77.7 Å². The Balaban J connectivity index is 1.21. The van der Waals surface area contributed by atoms with E-state index in [4.69, 9.17) is 21.3 Å². The summed E-state index contributed by atoms with van der Waals surface area (Å²) in [6, 6.07) is 23.5. The molecule has 0 spiro atoms. The number of rotatable bonds is 7. The second-order valence-electron chi connectivity index (χ2n) is 8.41. The summed E-state index contributed by atoms with van der Waals surface area (Å²) in [6.07, 6.45) is 2.45. The third-order valence-electron chi connectivity index (χ3n) is 6.17. The standard InChI is InChI=1S/C27H27ClN4O2/c28-22-11-9-21(10-12-22)27-24(32-14-5-4-8-25(32)29-27)20-30-15-17-31(18-16-30)26(33)13-19-34-23-6-2-1-3-7-23/h1-12,14H,13,15-20H2. The summed E-state index contributed by atoms with van der Waals surface area (Å²) in [5.74, 6) is 0.942. The molecule has 0 unspecified atom stereocenters. The Hall–Kier alpha value is -3.35. The molecule has 1 aliphatic heterocycles. The van der Waals surface area contributed by atoms with Crippen molar-refractivity contribution in [2.24, 2.45) is 0 Å². The molecule has 1 aliphatic rings. The highest BCUT2D eigenvalue weighted by Gasteiger charge is 2.23. The van der Waals surface area contributed by atoms with Gasteiger partial charge in [-0.2, -0.15) is 0 Å². The van der Waals surface area contributed by atoms with Gasteiger partial charge in [0.1, 0.15) is 11.4 Å². The zero-order chi connectivity index (χ0) is 23.3. The molecular weight excluding hydrogens is 448 g/mol. The second kappa shape index (κ2) is 10.3. The SMILES string of the molecule is O=C(CCOc1ccccc1)N1CCN(Cc2c(-c3ccc(Cl)cc3)nc3ccccn23)CC1. The number of halogens is 1. The summed E-state index contributed by atoms with van der Waals surface area (Å²) in [6.45, 7) is 4.25. The lowest BCUT2D eigenvalue weighted by Crippen LogP contribution is -2.48. The minimum atomic E-state index is 0.146. The topological polar surface area (TPSA) is 50.1 Å². The van der Waals surface area contributed by atoms with Crippen molar-refractivity contribution in [1.82, 2.24) is 19.2 Å². The van der Waals surface area contributed by atoms with Crippen LogP contribution in [0.25, 0.3) is 16.9 Å². The van der Waals surface area contributed by atoms with Gasteiger partial charge >= 0.3 is 0 Å². The van der Waals surface area contributed by atoms with Crippen LogP contribution in [0.3, 0.4) is 0 Å². The molecule has 3 heterocycles. The van der Waals surface area contributed by atoms with Gasteiger partial charge in [0.15, 0.2) is 0 Å². The number of piperazine rings is 1. The predicted molar refractivity (Wildman–Crippen MR) is 134 cm³/mol. The Labute approximate surface area is 204 Å². The normalized spacial score (nSPS) is 14.4. The van der Waals surface area contributed by atoms with Gasteiger partial charge in [0.2, 0.25) is 5.91 Å². The van der Waals surface area contributed by atoms with Crippen molar-refractivity contribution in [1.29, 1.82) is 0 Å². The van der Waals surface area contributed by atoms with Gasteiger partial charge in [0, 0.05) is 49.5 Å². The van der Waals surface area contributed by atoms with E-state index in [0.29, 0.717) is 18.1 Å². The summed E-state index contributed by atoms with van der Waals surface area (Å²) in [5, 5.41) is 0.712. The van der Waals surface area contributed by atoms with E-state index in [9.17, 15) is 4.79 Å². The highest BCUT2D eigenvalue weighted by Crippen LogP contribution is 2.27. The number of ether oxygens (including phenoxy) is 1. The fourth-order valence-corrected chi connectivity index (χ4v) is 4.46. The highest BCUT2D eigenvalue weighted by atomic mass is 35.5. The van der Waals surface area contributed by atoms with Crippen molar-refractivity contribution in [3.63, 3.8) is 0 Å². The Morgan fingerprint density at radius 3 is 2.41 bits per heavy atom. The lowest BCUT2D eigenvalue weighted by Gasteiger charge is -2.34. The molecule has 0 bridgehead atoms. The molecule has 0 N–H and O–H groups in total. The van der Waals surface area contributed by atoms with Crippen molar-refractivity contribution >= 4 is 23.2 Å². The van der Waals surface area contributed by atoms with Crippen molar-refractivity contribution in [3.8, 4) is 17.0 Å². The molecule has 2 aromatic carbocycles. The number of carbonyl (C=O) groups excluding carboxylic acids is 1. The zero-order valence-electron chi connectivity index (χ0n) is 18.9. The van der Waals surface area contributed by atoms with E-state index >= 15 is 0 Å². The largest absolute Gasteiger partial charge is 0.493 e. The van der Waals surface area contributed by atoms with Crippen LogP contribution in [0, 0.1) is 0 Å². The van der Waals surface area contributed by atoms with Gasteiger partial charge in [-0.05, 0) is 36.4 Å². The van der Waals surface area contributed by atoms with Crippen molar-refractivity contribution < 1.29 is 9.53 Å². The number of para-hydroxylation sites is 1. The smallest absolute Gasteiger partial charge is 0.226 e. The van der Waals surface area contributed by atoms with Crippen molar-refractivity contribution in [2.75, 3.05) is 32.8 Å².